The van der Waals surface area contributed by atoms with Crippen LogP contribution in [0.3, 0.4) is 0 Å². The number of hydrogen-bond acceptors (Lipinski definition) is 4. The average Bonchev–Trinajstić information content (AvgIpc) is 2.60. The van der Waals surface area contributed by atoms with Crippen LogP contribution >= 0.6 is 12.4 Å². The molecule has 6 nitrogen and oxygen atoms in total. The summed E-state index contributed by atoms with van der Waals surface area (Å²) in [6.07, 6.45) is 2.63. The Morgan fingerprint density at radius 3 is 3.00 bits per heavy atom. The third-order valence-corrected chi connectivity index (χ3v) is 4.36. The average molecular weight is 354 g/mol. The van der Waals surface area contributed by atoms with Crippen molar-refractivity contribution in [2.24, 2.45) is 5.92 Å². The van der Waals surface area contributed by atoms with Crippen molar-refractivity contribution in [3.63, 3.8) is 0 Å². The number of benzene rings is 1. The number of fused-ring (bicyclic) bond motifs is 1. The van der Waals surface area contributed by atoms with E-state index in [1.165, 1.54) is 6.42 Å². The second kappa shape index (κ2) is 8.89. The number of amides is 2. The topological polar surface area (TPSA) is 70.7 Å². The molecule has 1 aromatic carbocycles. The second-order valence-electron chi connectivity index (χ2n) is 6.07. The fourth-order valence-electron chi connectivity index (χ4n) is 3.06. The van der Waals surface area contributed by atoms with Gasteiger partial charge in [0.15, 0.2) is 6.61 Å². The zero-order valence-electron chi connectivity index (χ0n) is 13.6. The van der Waals surface area contributed by atoms with Gasteiger partial charge < -0.3 is 20.3 Å². The van der Waals surface area contributed by atoms with Gasteiger partial charge >= 0.3 is 0 Å². The number of para-hydroxylation sites is 2. The minimum Gasteiger partial charge on any atom is -0.482 e. The monoisotopic (exact) mass is 353 g/mol. The van der Waals surface area contributed by atoms with E-state index in [9.17, 15) is 9.59 Å². The molecular formula is C17H24ClN3O3. The molecule has 132 valence electrons. The number of halogens is 1. The van der Waals surface area contributed by atoms with Crippen LogP contribution in [-0.2, 0) is 9.59 Å². The summed E-state index contributed by atoms with van der Waals surface area (Å²) in [6.45, 7) is 3.17. The lowest BCUT2D eigenvalue weighted by atomic mass is 10.00. The number of anilines is 1. The normalized spacial score (nSPS) is 19.8. The molecule has 0 aliphatic carbocycles. The molecule has 1 saturated heterocycles. The Morgan fingerprint density at radius 2 is 2.21 bits per heavy atom. The number of ether oxygens (including phenoxy) is 1. The summed E-state index contributed by atoms with van der Waals surface area (Å²) >= 11 is 0. The van der Waals surface area contributed by atoms with Gasteiger partial charge in [0.25, 0.3) is 5.91 Å². The van der Waals surface area contributed by atoms with Crippen molar-refractivity contribution in [1.29, 1.82) is 0 Å². The van der Waals surface area contributed by atoms with Crippen LogP contribution in [0.2, 0.25) is 0 Å². The minimum atomic E-state index is -0.104. The number of piperidine rings is 1. The van der Waals surface area contributed by atoms with Crippen molar-refractivity contribution >= 4 is 29.9 Å². The largest absolute Gasteiger partial charge is 0.482 e. The molecule has 2 amide bonds. The van der Waals surface area contributed by atoms with Crippen molar-refractivity contribution in [2.75, 3.05) is 37.7 Å². The fraction of sp³-hybridized carbons (Fsp3) is 0.529. The molecule has 2 aliphatic rings. The summed E-state index contributed by atoms with van der Waals surface area (Å²) in [7, 11) is 0. The third-order valence-electron chi connectivity index (χ3n) is 4.36. The number of hydrogen-bond donors (Lipinski definition) is 2. The van der Waals surface area contributed by atoms with Crippen molar-refractivity contribution in [1.82, 2.24) is 10.6 Å². The second-order valence-corrected chi connectivity index (χ2v) is 6.07. The van der Waals surface area contributed by atoms with E-state index in [1.807, 2.05) is 24.3 Å². The van der Waals surface area contributed by atoms with E-state index < -0.39 is 0 Å². The lowest BCUT2D eigenvalue weighted by molar-refractivity contribution is -0.122. The van der Waals surface area contributed by atoms with Crippen LogP contribution < -0.4 is 20.3 Å². The van der Waals surface area contributed by atoms with Gasteiger partial charge in [-0.25, -0.2) is 0 Å². The van der Waals surface area contributed by atoms with Gasteiger partial charge in [-0.05, 0) is 44.0 Å². The zero-order chi connectivity index (χ0) is 16.1. The van der Waals surface area contributed by atoms with E-state index in [4.69, 9.17) is 4.74 Å². The van der Waals surface area contributed by atoms with Gasteiger partial charge in [0.05, 0.1) is 5.69 Å². The van der Waals surface area contributed by atoms with Gasteiger partial charge in [0.2, 0.25) is 5.91 Å². The Labute approximate surface area is 148 Å². The highest BCUT2D eigenvalue weighted by molar-refractivity contribution is 5.98. The number of carbonyl (C=O) groups is 2. The predicted molar refractivity (Wildman–Crippen MR) is 94.8 cm³/mol. The van der Waals surface area contributed by atoms with Gasteiger partial charge in [-0.1, -0.05) is 12.1 Å². The van der Waals surface area contributed by atoms with Gasteiger partial charge in [-0.15, -0.1) is 12.4 Å². The molecule has 1 aromatic rings. The van der Waals surface area contributed by atoms with Crippen LogP contribution in [0.15, 0.2) is 24.3 Å². The van der Waals surface area contributed by atoms with Crippen LogP contribution in [0, 0.1) is 5.92 Å². The Balaban J connectivity index is 0.00000208. The number of nitrogens with zero attached hydrogens (tertiary/aromatic N) is 1. The summed E-state index contributed by atoms with van der Waals surface area (Å²) in [5.74, 6) is 1.10. The lowest BCUT2D eigenvalue weighted by Gasteiger charge is -2.29. The molecule has 24 heavy (non-hydrogen) atoms. The molecule has 1 fully saturated rings. The van der Waals surface area contributed by atoms with Crippen LogP contribution in [0.5, 0.6) is 5.75 Å². The first kappa shape index (κ1) is 18.5. The smallest absolute Gasteiger partial charge is 0.265 e. The number of rotatable bonds is 5. The summed E-state index contributed by atoms with van der Waals surface area (Å²) in [5.41, 5.74) is 0.744. The molecule has 0 spiro atoms. The molecule has 2 aliphatic heterocycles. The maximum Gasteiger partial charge on any atom is 0.265 e. The first-order valence-corrected chi connectivity index (χ1v) is 8.23. The van der Waals surface area contributed by atoms with Crippen LogP contribution in [0.4, 0.5) is 5.69 Å². The molecule has 0 aromatic heterocycles. The molecule has 0 bridgehead atoms. The van der Waals surface area contributed by atoms with E-state index in [0.29, 0.717) is 31.2 Å². The van der Waals surface area contributed by atoms with Crippen LogP contribution in [-0.4, -0.2) is 44.6 Å². The van der Waals surface area contributed by atoms with Gasteiger partial charge in [-0.3, -0.25) is 9.59 Å². The Kier molecular flexibility index (Phi) is 6.87. The maximum atomic E-state index is 12.0. The highest BCUT2D eigenvalue weighted by Crippen LogP contribution is 2.31. The zero-order valence-corrected chi connectivity index (χ0v) is 14.4. The van der Waals surface area contributed by atoms with E-state index in [2.05, 4.69) is 10.6 Å². The molecular weight excluding hydrogens is 330 g/mol. The van der Waals surface area contributed by atoms with Crippen molar-refractivity contribution in [2.45, 2.75) is 19.3 Å². The van der Waals surface area contributed by atoms with Crippen molar-refractivity contribution in [3.8, 4) is 5.75 Å². The third kappa shape index (κ3) is 4.61. The van der Waals surface area contributed by atoms with Crippen LogP contribution in [0.1, 0.15) is 19.3 Å². The van der Waals surface area contributed by atoms with Crippen LogP contribution in [0.25, 0.3) is 0 Å². The number of nitrogens with one attached hydrogen (secondary N) is 2. The highest BCUT2D eigenvalue weighted by Gasteiger charge is 2.25. The van der Waals surface area contributed by atoms with E-state index in [0.717, 1.165) is 25.2 Å². The maximum absolute atomic E-state index is 12.0. The minimum absolute atomic E-state index is 0. The summed E-state index contributed by atoms with van der Waals surface area (Å²) in [6, 6.07) is 7.42. The highest BCUT2D eigenvalue weighted by atomic mass is 35.5. The van der Waals surface area contributed by atoms with Gasteiger partial charge in [0, 0.05) is 19.5 Å². The van der Waals surface area contributed by atoms with E-state index in [1.54, 1.807) is 4.90 Å². The molecule has 2 heterocycles. The molecule has 1 unspecified atom stereocenters. The summed E-state index contributed by atoms with van der Waals surface area (Å²) in [4.78, 5) is 25.7. The molecule has 3 rings (SSSR count). The number of carbonyl (C=O) groups excluding carboxylic acids is 2. The molecule has 2 N–H and O–H groups in total. The summed E-state index contributed by atoms with van der Waals surface area (Å²) < 4.78 is 5.40. The van der Waals surface area contributed by atoms with E-state index in [-0.39, 0.29) is 30.8 Å². The SMILES string of the molecule is Cl.O=C(CCN1C(=O)COc2ccccc21)NCC1CCCNC1. The molecule has 0 radical (unpaired) electrons. The van der Waals surface area contributed by atoms with E-state index >= 15 is 0 Å². The van der Waals surface area contributed by atoms with Gasteiger partial charge in [-0.2, -0.15) is 0 Å². The molecule has 7 heteroatoms. The Bertz CT molecular complexity index is 576. The Hall–Kier alpha value is -1.79. The molecule has 1 atom stereocenters. The first-order chi connectivity index (χ1) is 11.2. The van der Waals surface area contributed by atoms with Gasteiger partial charge in [0.1, 0.15) is 5.75 Å². The van der Waals surface area contributed by atoms with Crippen molar-refractivity contribution in [3.05, 3.63) is 24.3 Å². The lowest BCUT2D eigenvalue weighted by Crippen LogP contribution is -2.42. The quantitative estimate of drug-likeness (QED) is 0.838. The fourth-order valence-corrected chi connectivity index (χ4v) is 3.06. The predicted octanol–water partition coefficient (Wildman–Crippen LogP) is 1.34. The summed E-state index contributed by atoms with van der Waals surface area (Å²) in [5, 5.41) is 6.32. The standard InChI is InChI=1S/C17H23N3O3.ClH/c21-16(19-11-13-4-3-8-18-10-13)7-9-20-14-5-1-2-6-15(14)23-12-17(20)22;/h1-2,5-6,13,18H,3-4,7-12H2,(H,19,21);1H. The first-order valence-electron chi connectivity index (χ1n) is 8.23. The Morgan fingerprint density at radius 1 is 1.38 bits per heavy atom. The molecule has 0 saturated carbocycles. The van der Waals surface area contributed by atoms with Crippen molar-refractivity contribution < 1.29 is 14.3 Å².